The Morgan fingerprint density at radius 3 is 2.52 bits per heavy atom. The molecular weight excluding hydrogens is 316 g/mol. The van der Waals surface area contributed by atoms with Crippen LogP contribution in [0.4, 0.5) is 0 Å². The van der Waals surface area contributed by atoms with Crippen LogP contribution in [0, 0.1) is 0 Å². The summed E-state index contributed by atoms with van der Waals surface area (Å²) in [5.74, 6) is 0.0251. The molecule has 6 heteroatoms. The molecule has 1 aliphatic rings. The van der Waals surface area contributed by atoms with Crippen molar-refractivity contribution in [2.45, 2.75) is 65.1 Å². The lowest BCUT2D eigenvalue weighted by molar-refractivity contribution is -0.00113. The lowest BCUT2D eigenvalue weighted by Gasteiger charge is -2.34. The Morgan fingerprint density at radius 2 is 1.96 bits per heavy atom. The summed E-state index contributed by atoms with van der Waals surface area (Å²) in [6, 6.07) is 0.892. The summed E-state index contributed by atoms with van der Waals surface area (Å²) in [5, 5.41) is 4.24. The van der Waals surface area contributed by atoms with E-state index in [0.29, 0.717) is 24.3 Å². The number of amides is 1. The molecule has 0 N–H and O–H groups in total. The van der Waals surface area contributed by atoms with Crippen molar-refractivity contribution >= 4 is 5.91 Å². The third kappa shape index (κ3) is 5.82. The highest BCUT2D eigenvalue weighted by atomic mass is 16.5. The van der Waals surface area contributed by atoms with Crippen molar-refractivity contribution in [1.29, 1.82) is 0 Å². The van der Waals surface area contributed by atoms with E-state index in [1.807, 2.05) is 31.8 Å². The molecule has 0 radical (unpaired) electrons. The zero-order valence-electron chi connectivity index (χ0n) is 16.4. The molecule has 0 saturated carbocycles. The van der Waals surface area contributed by atoms with Crippen molar-refractivity contribution in [1.82, 2.24) is 19.6 Å². The van der Waals surface area contributed by atoms with Gasteiger partial charge in [-0.1, -0.05) is 0 Å². The Balaban J connectivity index is 1.65. The van der Waals surface area contributed by atoms with Crippen LogP contribution >= 0.6 is 0 Å². The standard InChI is InChI=1S/C19H34N4O2/c1-15(2)22-10-7-18(8-11-22)25-12-6-9-21(5)19(24)17-13-20-23(14-17)16(3)4/h13-16,18H,6-12H2,1-5H3. The maximum Gasteiger partial charge on any atom is 0.256 e. The lowest BCUT2D eigenvalue weighted by atomic mass is 10.1. The van der Waals surface area contributed by atoms with E-state index in [4.69, 9.17) is 4.74 Å². The van der Waals surface area contributed by atoms with Gasteiger partial charge in [-0.15, -0.1) is 0 Å². The molecule has 1 aromatic heterocycles. The summed E-state index contributed by atoms with van der Waals surface area (Å²) < 4.78 is 7.81. The molecule has 1 aliphatic heterocycles. The molecule has 0 aliphatic carbocycles. The van der Waals surface area contributed by atoms with Crippen LogP contribution in [0.15, 0.2) is 12.4 Å². The topological polar surface area (TPSA) is 50.6 Å². The average Bonchev–Trinajstić information content (AvgIpc) is 3.08. The summed E-state index contributed by atoms with van der Waals surface area (Å²) in [4.78, 5) is 16.7. The van der Waals surface area contributed by atoms with Crippen LogP contribution in [-0.4, -0.2) is 70.9 Å². The quantitative estimate of drug-likeness (QED) is 0.677. The van der Waals surface area contributed by atoms with E-state index in [9.17, 15) is 4.79 Å². The zero-order chi connectivity index (χ0) is 18.4. The third-order valence-corrected chi connectivity index (χ3v) is 4.92. The summed E-state index contributed by atoms with van der Waals surface area (Å²) >= 11 is 0. The van der Waals surface area contributed by atoms with Crippen molar-refractivity contribution in [3.8, 4) is 0 Å². The van der Waals surface area contributed by atoms with E-state index in [1.54, 1.807) is 11.1 Å². The van der Waals surface area contributed by atoms with Gasteiger partial charge < -0.3 is 14.5 Å². The van der Waals surface area contributed by atoms with Gasteiger partial charge in [0.15, 0.2) is 0 Å². The number of nitrogens with zero attached hydrogens (tertiary/aromatic N) is 4. The maximum absolute atomic E-state index is 12.4. The van der Waals surface area contributed by atoms with Crippen LogP contribution in [0.5, 0.6) is 0 Å². The highest BCUT2D eigenvalue weighted by Gasteiger charge is 2.21. The Morgan fingerprint density at radius 1 is 1.28 bits per heavy atom. The SMILES string of the molecule is CC(C)N1CCC(OCCCN(C)C(=O)c2cnn(C(C)C)c2)CC1. The lowest BCUT2D eigenvalue weighted by Crippen LogP contribution is -2.41. The number of hydrogen-bond acceptors (Lipinski definition) is 4. The second-order valence-electron chi connectivity index (χ2n) is 7.58. The van der Waals surface area contributed by atoms with Gasteiger partial charge in [0.05, 0.1) is 17.9 Å². The molecule has 6 nitrogen and oxygen atoms in total. The smallest absolute Gasteiger partial charge is 0.256 e. The molecular formula is C19H34N4O2. The number of carbonyl (C=O) groups is 1. The Bertz CT molecular complexity index is 533. The number of rotatable bonds is 8. The van der Waals surface area contributed by atoms with Crippen molar-refractivity contribution in [3.05, 3.63) is 18.0 Å². The zero-order valence-corrected chi connectivity index (χ0v) is 16.4. The fourth-order valence-corrected chi connectivity index (χ4v) is 3.16. The van der Waals surface area contributed by atoms with Crippen molar-refractivity contribution in [3.63, 3.8) is 0 Å². The van der Waals surface area contributed by atoms with Gasteiger partial charge in [-0.3, -0.25) is 9.48 Å². The molecule has 1 amide bonds. The van der Waals surface area contributed by atoms with E-state index in [-0.39, 0.29) is 11.9 Å². The summed E-state index contributed by atoms with van der Waals surface area (Å²) in [5.41, 5.74) is 0.651. The molecule has 0 spiro atoms. The van der Waals surface area contributed by atoms with Gasteiger partial charge in [-0.2, -0.15) is 5.10 Å². The minimum absolute atomic E-state index is 0.0251. The average molecular weight is 351 g/mol. The first-order chi connectivity index (χ1) is 11.9. The molecule has 1 saturated heterocycles. The Kier molecular flexibility index (Phi) is 7.44. The molecule has 142 valence electrons. The first-order valence-electron chi connectivity index (χ1n) is 9.53. The molecule has 0 bridgehead atoms. The summed E-state index contributed by atoms with van der Waals surface area (Å²) in [6.07, 6.45) is 6.94. The van der Waals surface area contributed by atoms with Gasteiger partial charge in [0, 0.05) is 51.6 Å². The largest absolute Gasteiger partial charge is 0.378 e. The second kappa shape index (κ2) is 9.34. The Hall–Kier alpha value is -1.40. The highest BCUT2D eigenvalue weighted by Crippen LogP contribution is 2.16. The third-order valence-electron chi connectivity index (χ3n) is 4.92. The molecule has 2 rings (SSSR count). The molecule has 0 unspecified atom stereocenters. The molecule has 25 heavy (non-hydrogen) atoms. The van der Waals surface area contributed by atoms with Crippen LogP contribution in [0.25, 0.3) is 0 Å². The van der Waals surface area contributed by atoms with Gasteiger partial charge in [-0.25, -0.2) is 0 Å². The van der Waals surface area contributed by atoms with E-state index in [0.717, 1.165) is 39.0 Å². The molecule has 0 atom stereocenters. The minimum Gasteiger partial charge on any atom is -0.378 e. The van der Waals surface area contributed by atoms with Crippen LogP contribution < -0.4 is 0 Å². The van der Waals surface area contributed by atoms with Crippen molar-refractivity contribution in [2.75, 3.05) is 33.3 Å². The Labute approximate surface area is 152 Å². The van der Waals surface area contributed by atoms with E-state index >= 15 is 0 Å². The van der Waals surface area contributed by atoms with E-state index in [1.165, 1.54) is 0 Å². The summed E-state index contributed by atoms with van der Waals surface area (Å²) in [7, 11) is 1.84. The number of ether oxygens (including phenoxy) is 1. The molecule has 2 heterocycles. The predicted molar refractivity (Wildman–Crippen MR) is 99.9 cm³/mol. The van der Waals surface area contributed by atoms with E-state index < -0.39 is 0 Å². The fraction of sp³-hybridized carbons (Fsp3) is 0.789. The number of piperidine rings is 1. The normalized spacial score (nSPS) is 16.8. The van der Waals surface area contributed by atoms with Crippen LogP contribution in [0.1, 0.15) is 63.4 Å². The number of aromatic nitrogens is 2. The highest BCUT2D eigenvalue weighted by molar-refractivity contribution is 5.93. The minimum atomic E-state index is 0.0251. The second-order valence-corrected chi connectivity index (χ2v) is 7.58. The maximum atomic E-state index is 12.4. The summed E-state index contributed by atoms with van der Waals surface area (Å²) in [6.45, 7) is 12.3. The fourth-order valence-electron chi connectivity index (χ4n) is 3.16. The van der Waals surface area contributed by atoms with Crippen molar-refractivity contribution < 1.29 is 9.53 Å². The molecule has 0 aromatic carbocycles. The van der Waals surface area contributed by atoms with Crippen LogP contribution in [-0.2, 0) is 4.74 Å². The number of likely N-dealkylation sites (tertiary alicyclic amines) is 1. The van der Waals surface area contributed by atoms with Gasteiger partial charge >= 0.3 is 0 Å². The molecule has 1 aromatic rings. The number of hydrogen-bond donors (Lipinski definition) is 0. The number of carbonyl (C=O) groups excluding carboxylic acids is 1. The van der Waals surface area contributed by atoms with Gasteiger partial charge in [0.2, 0.25) is 0 Å². The predicted octanol–water partition coefficient (Wildman–Crippen LogP) is 2.82. The van der Waals surface area contributed by atoms with Crippen LogP contribution in [0.2, 0.25) is 0 Å². The monoisotopic (exact) mass is 350 g/mol. The first-order valence-corrected chi connectivity index (χ1v) is 9.53. The van der Waals surface area contributed by atoms with Gasteiger partial charge in [-0.05, 0) is 47.0 Å². The van der Waals surface area contributed by atoms with Gasteiger partial charge in [0.25, 0.3) is 5.91 Å². The first kappa shape index (κ1) is 19.9. The van der Waals surface area contributed by atoms with Crippen LogP contribution in [0.3, 0.4) is 0 Å². The molecule has 1 fully saturated rings. The van der Waals surface area contributed by atoms with E-state index in [2.05, 4.69) is 23.8 Å². The van der Waals surface area contributed by atoms with Crippen molar-refractivity contribution in [2.24, 2.45) is 0 Å². The van der Waals surface area contributed by atoms with Gasteiger partial charge in [0.1, 0.15) is 0 Å².